The average Bonchev–Trinajstić information content (AvgIpc) is 2.15. The molecule has 84 valence electrons. The first-order valence-electron chi connectivity index (χ1n) is 4.46. The van der Waals surface area contributed by atoms with Gasteiger partial charge in [-0.05, 0) is 5.56 Å². The maximum atomic E-state index is 10.5. The van der Waals surface area contributed by atoms with Crippen LogP contribution in [0.25, 0.3) is 0 Å². The predicted octanol–water partition coefficient (Wildman–Crippen LogP) is 0.250. The molecular weight excluding hydrogens is 216 g/mol. The Bertz CT molecular complexity index is 391. The number of nitrogens with two attached hydrogens (primary N) is 1. The molecule has 6 heteroatoms. The normalized spacial score (nSPS) is 11.9. The van der Waals surface area contributed by atoms with E-state index in [0.29, 0.717) is 6.54 Å². The quantitative estimate of drug-likeness (QED) is 0.430. The second-order valence-electron chi connectivity index (χ2n) is 3.24. The second-order valence-corrected chi connectivity index (χ2v) is 4.81. The Hall–Kier alpha value is -0.950. The van der Waals surface area contributed by atoms with E-state index in [2.05, 4.69) is 0 Å². The van der Waals surface area contributed by atoms with Crippen LogP contribution in [0.4, 0.5) is 0 Å². The van der Waals surface area contributed by atoms with Crippen LogP contribution in [0.3, 0.4) is 0 Å². The van der Waals surface area contributed by atoms with Crippen LogP contribution in [0.1, 0.15) is 5.56 Å². The summed E-state index contributed by atoms with van der Waals surface area (Å²) in [5.41, 5.74) is 0.996. The summed E-state index contributed by atoms with van der Waals surface area (Å²) < 4.78 is 29.4. The molecule has 0 saturated heterocycles. The topological polar surface area (TPSA) is 83.6 Å². The first-order chi connectivity index (χ1) is 6.97. The van der Waals surface area contributed by atoms with Crippen LogP contribution in [0, 0.1) is 0 Å². The minimum absolute atomic E-state index is 0.105. The third-order valence-electron chi connectivity index (χ3n) is 1.86. The van der Waals surface area contributed by atoms with Crippen LogP contribution >= 0.6 is 0 Å². The van der Waals surface area contributed by atoms with Gasteiger partial charge in [-0.15, -0.1) is 0 Å². The van der Waals surface area contributed by atoms with Gasteiger partial charge in [0.25, 0.3) is 10.1 Å². The molecule has 1 aromatic rings. The molecular formula is C9H14N2O3S. The smallest absolute Gasteiger partial charge is 0.266 e. The minimum atomic E-state index is -3.93. The molecule has 0 heterocycles. The SMILES string of the molecule is NN(CCS(=O)(=O)O)Cc1ccccc1. The van der Waals surface area contributed by atoms with E-state index >= 15 is 0 Å². The Morgan fingerprint density at radius 1 is 1.27 bits per heavy atom. The van der Waals surface area contributed by atoms with Crippen molar-refractivity contribution in [1.82, 2.24) is 5.01 Å². The van der Waals surface area contributed by atoms with E-state index < -0.39 is 10.1 Å². The summed E-state index contributed by atoms with van der Waals surface area (Å²) in [4.78, 5) is 0. The van der Waals surface area contributed by atoms with E-state index in [0.717, 1.165) is 5.56 Å². The van der Waals surface area contributed by atoms with Crippen LogP contribution < -0.4 is 5.84 Å². The molecule has 0 aliphatic carbocycles. The van der Waals surface area contributed by atoms with Gasteiger partial charge in [-0.2, -0.15) is 8.42 Å². The van der Waals surface area contributed by atoms with Gasteiger partial charge in [-0.1, -0.05) is 30.3 Å². The van der Waals surface area contributed by atoms with E-state index in [1.54, 1.807) is 0 Å². The van der Waals surface area contributed by atoms with Crippen molar-refractivity contribution in [3.63, 3.8) is 0 Å². The number of nitrogens with zero attached hydrogens (tertiary/aromatic N) is 1. The first-order valence-corrected chi connectivity index (χ1v) is 6.07. The molecule has 0 spiro atoms. The first kappa shape index (κ1) is 12.1. The van der Waals surface area contributed by atoms with E-state index in [-0.39, 0.29) is 12.3 Å². The van der Waals surface area contributed by atoms with E-state index in [1.807, 2.05) is 30.3 Å². The van der Waals surface area contributed by atoms with Crippen molar-refractivity contribution < 1.29 is 13.0 Å². The number of hydrogen-bond donors (Lipinski definition) is 2. The molecule has 0 saturated carbocycles. The highest BCUT2D eigenvalue weighted by Crippen LogP contribution is 2.00. The number of rotatable bonds is 5. The van der Waals surface area contributed by atoms with Gasteiger partial charge in [0.15, 0.2) is 0 Å². The summed E-state index contributed by atoms with van der Waals surface area (Å²) in [5.74, 6) is 5.22. The van der Waals surface area contributed by atoms with E-state index in [4.69, 9.17) is 10.4 Å². The van der Waals surface area contributed by atoms with Crippen molar-refractivity contribution in [3.8, 4) is 0 Å². The fourth-order valence-electron chi connectivity index (χ4n) is 1.13. The highest BCUT2D eigenvalue weighted by molar-refractivity contribution is 7.85. The molecule has 0 radical (unpaired) electrons. The molecule has 0 atom stereocenters. The maximum Gasteiger partial charge on any atom is 0.266 e. The lowest BCUT2D eigenvalue weighted by Crippen LogP contribution is -2.34. The van der Waals surface area contributed by atoms with Crippen molar-refractivity contribution in [2.75, 3.05) is 12.3 Å². The molecule has 5 nitrogen and oxygen atoms in total. The van der Waals surface area contributed by atoms with Gasteiger partial charge < -0.3 is 0 Å². The van der Waals surface area contributed by atoms with Gasteiger partial charge in [0.1, 0.15) is 0 Å². The Balaban J connectivity index is 2.40. The number of hydrazine groups is 1. The molecule has 0 fully saturated rings. The summed E-state index contributed by atoms with van der Waals surface area (Å²) >= 11 is 0. The Kier molecular flexibility index (Phi) is 4.22. The van der Waals surface area contributed by atoms with Gasteiger partial charge in [0.2, 0.25) is 0 Å². The third-order valence-corrected chi connectivity index (χ3v) is 2.56. The van der Waals surface area contributed by atoms with Crippen molar-refractivity contribution in [2.24, 2.45) is 5.84 Å². The molecule has 0 aromatic heterocycles. The Labute approximate surface area is 89.2 Å². The van der Waals surface area contributed by atoms with Crippen LogP contribution in [-0.2, 0) is 16.7 Å². The van der Waals surface area contributed by atoms with E-state index in [9.17, 15) is 8.42 Å². The highest BCUT2D eigenvalue weighted by atomic mass is 32.2. The molecule has 0 aliphatic heterocycles. The van der Waals surface area contributed by atoms with Gasteiger partial charge in [-0.25, -0.2) is 5.01 Å². The number of hydrogen-bond acceptors (Lipinski definition) is 4. The summed E-state index contributed by atoms with van der Waals surface area (Å²) in [6.07, 6.45) is 0. The van der Waals surface area contributed by atoms with Crippen molar-refractivity contribution >= 4 is 10.1 Å². The molecule has 15 heavy (non-hydrogen) atoms. The molecule has 0 amide bonds. The van der Waals surface area contributed by atoms with Gasteiger partial charge in [0.05, 0.1) is 5.75 Å². The lowest BCUT2D eigenvalue weighted by molar-refractivity contribution is 0.289. The summed E-state index contributed by atoms with van der Waals surface area (Å²) in [6.45, 7) is 0.560. The monoisotopic (exact) mass is 230 g/mol. The van der Waals surface area contributed by atoms with Gasteiger partial charge in [-0.3, -0.25) is 10.4 Å². The Morgan fingerprint density at radius 2 is 1.87 bits per heavy atom. The minimum Gasteiger partial charge on any atom is -0.286 e. The van der Waals surface area contributed by atoms with Crippen molar-refractivity contribution in [1.29, 1.82) is 0 Å². The van der Waals surface area contributed by atoms with Gasteiger partial charge in [0, 0.05) is 13.1 Å². The molecule has 0 aliphatic rings. The standard InChI is InChI=1S/C9H14N2O3S/c10-11(6-7-15(12,13)14)8-9-4-2-1-3-5-9/h1-5H,6-8,10H2,(H,12,13,14). The molecule has 1 rings (SSSR count). The largest absolute Gasteiger partial charge is 0.286 e. The lowest BCUT2D eigenvalue weighted by Gasteiger charge is -2.14. The fourth-order valence-corrected chi connectivity index (χ4v) is 1.59. The van der Waals surface area contributed by atoms with Crippen LogP contribution in [0.2, 0.25) is 0 Å². The zero-order chi connectivity index (χ0) is 11.3. The van der Waals surface area contributed by atoms with Crippen LogP contribution in [0.5, 0.6) is 0 Å². The zero-order valence-corrected chi connectivity index (χ0v) is 9.02. The molecule has 0 unspecified atom stereocenters. The van der Waals surface area contributed by atoms with Crippen LogP contribution in [0.15, 0.2) is 30.3 Å². The summed E-state index contributed by atoms with van der Waals surface area (Å²) in [6, 6.07) is 9.45. The number of benzene rings is 1. The van der Waals surface area contributed by atoms with Crippen molar-refractivity contribution in [3.05, 3.63) is 35.9 Å². The Morgan fingerprint density at radius 3 is 2.40 bits per heavy atom. The molecule has 3 N–H and O–H groups in total. The summed E-state index contributed by atoms with van der Waals surface area (Å²) in [5, 5.41) is 1.35. The third kappa shape index (κ3) is 5.48. The summed E-state index contributed by atoms with van der Waals surface area (Å²) in [7, 11) is -3.93. The average molecular weight is 230 g/mol. The predicted molar refractivity (Wildman–Crippen MR) is 57.5 cm³/mol. The lowest BCUT2D eigenvalue weighted by atomic mass is 10.2. The van der Waals surface area contributed by atoms with E-state index in [1.165, 1.54) is 5.01 Å². The second kappa shape index (κ2) is 5.22. The molecule has 0 bridgehead atoms. The highest BCUT2D eigenvalue weighted by Gasteiger charge is 2.07. The zero-order valence-electron chi connectivity index (χ0n) is 8.20. The van der Waals surface area contributed by atoms with Crippen molar-refractivity contribution in [2.45, 2.75) is 6.54 Å². The fraction of sp³-hybridized carbons (Fsp3) is 0.333. The van der Waals surface area contributed by atoms with Crippen LogP contribution in [-0.4, -0.2) is 30.3 Å². The maximum absolute atomic E-state index is 10.5. The molecule has 1 aromatic carbocycles. The van der Waals surface area contributed by atoms with Gasteiger partial charge >= 0.3 is 0 Å².